The van der Waals surface area contributed by atoms with Crippen LogP contribution in [0, 0.1) is 0 Å². The maximum Gasteiger partial charge on any atom is 0.416 e. The average Bonchev–Trinajstić information content (AvgIpc) is 3.16. The van der Waals surface area contributed by atoms with Gasteiger partial charge in [0.2, 0.25) is 0 Å². The van der Waals surface area contributed by atoms with Gasteiger partial charge < -0.3 is 9.30 Å². The number of aromatic nitrogens is 3. The number of imidazole rings is 1. The first-order valence-electron chi connectivity index (χ1n) is 11.1. The van der Waals surface area contributed by atoms with Crippen molar-refractivity contribution in [3.8, 4) is 0 Å². The lowest BCUT2D eigenvalue weighted by atomic mass is 10.0. The molecule has 0 saturated carbocycles. The zero-order valence-electron chi connectivity index (χ0n) is 18.3. The summed E-state index contributed by atoms with van der Waals surface area (Å²) >= 11 is 0. The van der Waals surface area contributed by atoms with Crippen LogP contribution in [0.3, 0.4) is 0 Å². The molecule has 2 aromatic heterocycles. The maximum absolute atomic E-state index is 13.2. The number of methoxy groups -OCH3 is 1. The van der Waals surface area contributed by atoms with Crippen LogP contribution in [0.2, 0.25) is 0 Å². The van der Waals surface area contributed by atoms with Crippen molar-refractivity contribution in [3.63, 3.8) is 0 Å². The lowest BCUT2D eigenvalue weighted by molar-refractivity contribution is -0.137. The van der Waals surface area contributed by atoms with Gasteiger partial charge in [-0.3, -0.25) is 9.88 Å². The zero-order valence-corrected chi connectivity index (χ0v) is 18.3. The molecule has 0 atom stereocenters. The van der Waals surface area contributed by atoms with E-state index < -0.39 is 11.7 Å². The fourth-order valence-corrected chi connectivity index (χ4v) is 4.78. The summed E-state index contributed by atoms with van der Waals surface area (Å²) in [5.41, 5.74) is 2.66. The van der Waals surface area contributed by atoms with E-state index in [9.17, 15) is 13.2 Å². The molecule has 8 heteroatoms. The Balaban J connectivity index is 1.34. The van der Waals surface area contributed by atoms with Gasteiger partial charge in [0.1, 0.15) is 12.4 Å². The van der Waals surface area contributed by atoms with Gasteiger partial charge in [-0.25, -0.2) is 4.98 Å². The first kappa shape index (κ1) is 21.9. The van der Waals surface area contributed by atoms with Crippen molar-refractivity contribution in [2.75, 3.05) is 20.2 Å². The first-order chi connectivity index (χ1) is 15.9. The van der Waals surface area contributed by atoms with E-state index in [1.54, 1.807) is 19.4 Å². The largest absolute Gasteiger partial charge is 0.416 e. The quantitative estimate of drug-likeness (QED) is 0.395. The second-order valence-electron chi connectivity index (χ2n) is 8.57. The first-order valence-corrected chi connectivity index (χ1v) is 11.1. The van der Waals surface area contributed by atoms with Gasteiger partial charge in [0.05, 0.1) is 22.1 Å². The van der Waals surface area contributed by atoms with Gasteiger partial charge in [0.25, 0.3) is 0 Å². The number of likely N-dealkylation sites (tertiary alicyclic amines) is 1. The molecule has 5 rings (SSSR count). The molecule has 0 amide bonds. The van der Waals surface area contributed by atoms with E-state index in [2.05, 4.69) is 43.7 Å². The summed E-state index contributed by atoms with van der Waals surface area (Å²) in [7, 11) is 1.58. The van der Waals surface area contributed by atoms with E-state index in [4.69, 9.17) is 4.74 Å². The third kappa shape index (κ3) is 4.45. The fourth-order valence-electron chi connectivity index (χ4n) is 4.78. The third-order valence-electron chi connectivity index (χ3n) is 6.36. The minimum atomic E-state index is -4.39. The second-order valence-corrected chi connectivity index (χ2v) is 8.57. The summed E-state index contributed by atoms with van der Waals surface area (Å²) in [5, 5.41) is 1.14. The number of benzene rings is 2. The van der Waals surface area contributed by atoms with Crippen molar-refractivity contribution < 1.29 is 17.9 Å². The number of fused-ring (bicyclic) bond motifs is 2. The van der Waals surface area contributed by atoms with Gasteiger partial charge in [-0.1, -0.05) is 12.1 Å². The zero-order chi connectivity index (χ0) is 23.0. The fraction of sp³-hybridized carbons (Fsp3) is 0.360. The lowest BCUT2D eigenvalue weighted by Gasteiger charge is -2.33. The molecule has 0 radical (unpaired) electrons. The summed E-state index contributed by atoms with van der Waals surface area (Å²) < 4.78 is 46.9. The highest BCUT2D eigenvalue weighted by Crippen LogP contribution is 2.34. The molecule has 0 bridgehead atoms. The van der Waals surface area contributed by atoms with Crippen molar-refractivity contribution in [2.45, 2.75) is 38.2 Å². The number of hydrogen-bond acceptors (Lipinski definition) is 4. The summed E-state index contributed by atoms with van der Waals surface area (Å²) in [4.78, 5) is 11.3. The van der Waals surface area contributed by atoms with E-state index in [0.717, 1.165) is 61.0 Å². The Hall–Kier alpha value is -2.97. The molecule has 1 saturated heterocycles. The Labute approximate surface area is 189 Å². The highest BCUT2D eigenvalue weighted by atomic mass is 19.4. The smallest absolute Gasteiger partial charge is 0.377 e. The number of piperidine rings is 1. The van der Waals surface area contributed by atoms with Gasteiger partial charge in [0.15, 0.2) is 0 Å². The van der Waals surface area contributed by atoms with Crippen molar-refractivity contribution in [1.29, 1.82) is 0 Å². The van der Waals surface area contributed by atoms with Crippen LogP contribution >= 0.6 is 0 Å². The summed E-state index contributed by atoms with van der Waals surface area (Å²) in [6.07, 6.45) is -0.783. The number of pyridine rings is 1. The molecule has 1 fully saturated rings. The topological polar surface area (TPSA) is 43.2 Å². The highest BCUT2D eigenvalue weighted by molar-refractivity contribution is 5.79. The van der Waals surface area contributed by atoms with Crippen molar-refractivity contribution in [3.05, 3.63) is 71.7 Å². The summed E-state index contributed by atoms with van der Waals surface area (Å²) in [6.45, 7) is 2.94. The summed E-state index contributed by atoms with van der Waals surface area (Å²) in [5.74, 6) is 0.673. The Morgan fingerprint density at radius 2 is 1.85 bits per heavy atom. The van der Waals surface area contributed by atoms with Gasteiger partial charge in [-0.2, -0.15) is 13.2 Å². The molecule has 0 spiro atoms. The number of nitrogens with zero attached hydrogens (tertiary/aromatic N) is 4. The van der Waals surface area contributed by atoms with E-state index >= 15 is 0 Å². The molecule has 0 N–H and O–H groups in total. The standard InChI is InChI=1S/C25H25F3N4O/c1-33-16-24-30-22-14-19(25(26,27)28)5-7-23(22)32(24)20-8-11-31(12-9-20)15-17-4-6-21-18(13-17)3-2-10-29-21/h2-7,10,13-14,20H,8-9,11-12,15-16H2,1H3. The molecule has 4 aromatic rings. The average molecular weight is 454 g/mol. The number of halogens is 3. The minimum absolute atomic E-state index is 0.175. The van der Waals surface area contributed by atoms with Crippen molar-refractivity contribution in [1.82, 2.24) is 19.4 Å². The number of rotatable bonds is 5. The molecule has 33 heavy (non-hydrogen) atoms. The molecule has 2 aromatic carbocycles. The number of ether oxygens (including phenoxy) is 1. The van der Waals surface area contributed by atoms with Crippen LogP contribution in [-0.4, -0.2) is 39.6 Å². The monoisotopic (exact) mass is 454 g/mol. The van der Waals surface area contributed by atoms with E-state index in [1.807, 2.05) is 6.07 Å². The lowest BCUT2D eigenvalue weighted by Crippen LogP contribution is -2.34. The van der Waals surface area contributed by atoms with Crippen LogP contribution in [0.5, 0.6) is 0 Å². The Bertz CT molecular complexity index is 1280. The van der Waals surface area contributed by atoms with E-state index in [-0.39, 0.29) is 12.6 Å². The molecular weight excluding hydrogens is 429 g/mol. The third-order valence-corrected chi connectivity index (χ3v) is 6.36. The SMILES string of the molecule is COCc1nc2cc(C(F)(F)F)ccc2n1C1CCN(Cc2ccc3ncccc3c2)CC1. The number of alkyl halides is 3. The highest BCUT2D eigenvalue weighted by Gasteiger charge is 2.32. The van der Waals surface area contributed by atoms with E-state index in [1.165, 1.54) is 5.56 Å². The molecule has 0 aliphatic carbocycles. The van der Waals surface area contributed by atoms with Crippen LogP contribution < -0.4 is 0 Å². The van der Waals surface area contributed by atoms with Crippen LogP contribution in [0.25, 0.3) is 21.9 Å². The Morgan fingerprint density at radius 3 is 2.61 bits per heavy atom. The van der Waals surface area contributed by atoms with Crippen molar-refractivity contribution in [2.24, 2.45) is 0 Å². The molecular formula is C25H25F3N4O. The van der Waals surface area contributed by atoms with Crippen molar-refractivity contribution >= 4 is 21.9 Å². The Kier molecular flexibility index (Phi) is 5.80. The van der Waals surface area contributed by atoms with Gasteiger partial charge in [0, 0.05) is 44.4 Å². The Morgan fingerprint density at radius 1 is 1.03 bits per heavy atom. The molecule has 1 aliphatic rings. The molecule has 0 unspecified atom stereocenters. The predicted molar refractivity (Wildman–Crippen MR) is 121 cm³/mol. The summed E-state index contributed by atoms with van der Waals surface area (Å²) in [6, 6.07) is 14.4. The van der Waals surface area contributed by atoms with Gasteiger partial charge >= 0.3 is 6.18 Å². The molecule has 172 valence electrons. The predicted octanol–water partition coefficient (Wildman–Crippen LogP) is 5.59. The van der Waals surface area contributed by atoms with Crippen LogP contribution in [-0.2, 0) is 24.1 Å². The maximum atomic E-state index is 13.2. The number of hydrogen-bond donors (Lipinski definition) is 0. The van der Waals surface area contributed by atoms with Crippen LogP contribution in [0.4, 0.5) is 13.2 Å². The van der Waals surface area contributed by atoms with E-state index in [0.29, 0.717) is 11.3 Å². The molecule has 3 heterocycles. The van der Waals surface area contributed by atoms with Crippen LogP contribution in [0.1, 0.15) is 35.8 Å². The van der Waals surface area contributed by atoms with Gasteiger partial charge in [-0.05, 0) is 54.8 Å². The molecule has 5 nitrogen and oxygen atoms in total. The van der Waals surface area contributed by atoms with Crippen LogP contribution in [0.15, 0.2) is 54.7 Å². The minimum Gasteiger partial charge on any atom is -0.377 e. The second kappa shape index (κ2) is 8.76. The molecule has 1 aliphatic heterocycles. The normalized spacial score (nSPS) is 16.1. The van der Waals surface area contributed by atoms with Gasteiger partial charge in [-0.15, -0.1) is 0 Å².